The second-order valence-corrected chi connectivity index (χ2v) is 12.0. The Morgan fingerprint density at radius 3 is 1.36 bits per heavy atom. The molecule has 1 aliphatic carbocycles. The summed E-state index contributed by atoms with van der Waals surface area (Å²) < 4.78 is 0. The normalized spacial score (nSPS) is 13.3. The fourth-order valence-electron chi connectivity index (χ4n) is 6.10. The molecule has 3 nitrogen and oxygen atoms in total. The zero-order chi connectivity index (χ0) is 31.1. The lowest BCUT2D eigenvalue weighted by atomic mass is 9.83. The van der Waals surface area contributed by atoms with E-state index in [1.165, 1.54) is 96.1 Å². The molecule has 0 saturated heterocycles. The number of hydrogen-bond acceptors (Lipinski definition) is 3. The van der Waals surface area contributed by atoms with E-state index in [2.05, 4.69) is 129 Å². The van der Waals surface area contributed by atoms with E-state index in [0.29, 0.717) is 0 Å². The van der Waals surface area contributed by atoms with Crippen LogP contribution in [0.15, 0.2) is 89.9 Å². The van der Waals surface area contributed by atoms with E-state index in [4.69, 9.17) is 4.99 Å². The monoisotopic (exact) mass is 589 g/mol. The Labute approximate surface area is 268 Å². The van der Waals surface area contributed by atoms with E-state index in [9.17, 15) is 0 Å². The summed E-state index contributed by atoms with van der Waals surface area (Å²) in [5, 5.41) is 0. The minimum Gasteiger partial charge on any atom is -0.372 e. The molecule has 0 bridgehead atoms. The van der Waals surface area contributed by atoms with Crippen LogP contribution in [0.1, 0.15) is 108 Å². The summed E-state index contributed by atoms with van der Waals surface area (Å²) >= 11 is 0. The molecule has 3 aromatic carbocycles. The lowest BCUT2D eigenvalue weighted by Crippen LogP contribution is -2.25. The molecule has 0 heterocycles. The summed E-state index contributed by atoms with van der Waals surface area (Å²) in [5.74, 6) is 0. The number of nitrogens with zero attached hydrogens (tertiary/aromatic N) is 3. The average Bonchev–Trinajstić information content (AvgIpc) is 3.07. The fraction of sp³-hybridized carbons (Fsp3) is 0.439. The van der Waals surface area contributed by atoms with Crippen LogP contribution in [0.5, 0.6) is 0 Å². The van der Waals surface area contributed by atoms with Crippen LogP contribution in [-0.2, 0) is 0 Å². The highest BCUT2D eigenvalue weighted by molar-refractivity contribution is 6.19. The maximum atomic E-state index is 4.82. The van der Waals surface area contributed by atoms with Gasteiger partial charge in [0.2, 0.25) is 0 Å². The van der Waals surface area contributed by atoms with Crippen molar-refractivity contribution in [2.24, 2.45) is 4.99 Å². The topological polar surface area (TPSA) is 18.8 Å². The lowest BCUT2D eigenvalue weighted by molar-refractivity contribution is 0.678. The number of unbranched alkanes of at least 4 members (excludes halogenated alkanes) is 4. The first kappa shape index (κ1) is 33.3. The van der Waals surface area contributed by atoms with Gasteiger partial charge < -0.3 is 9.80 Å². The molecule has 234 valence electrons. The smallest absolute Gasteiger partial charge is 0.0652 e. The van der Waals surface area contributed by atoms with E-state index in [1.54, 1.807) is 0 Å². The van der Waals surface area contributed by atoms with Gasteiger partial charge in [0.05, 0.1) is 5.71 Å². The van der Waals surface area contributed by atoms with Crippen LogP contribution in [0, 0.1) is 0 Å². The summed E-state index contributed by atoms with van der Waals surface area (Å²) in [4.78, 5) is 9.96. The molecule has 3 heteroatoms. The molecule has 0 amide bonds. The van der Waals surface area contributed by atoms with Gasteiger partial charge in [-0.15, -0.1) is 0 Å². The summed E-state index contributed by atoms with van der Waals surface area (Å²) in [7, 11) is 0. The van der Waals surface area contributed by atoms with Crippen molar-refractivity contribution in [1.29, 1.82) is 0 Å². The molecule has 0 unspecified atom stereocenters. The zero-order valence-electron chi connectivity index (χ0n) is 28.1. The van der Waals surface area contributed by atoms with Crippen LogP contribution in [0.3, 0.4) is 0 Å². The predicted octanol–water partition coefficient (Wildman–Crippen LogP) is 10.8. The second-order valence-electron chi connectivity index (χ2n) is 12.0. The van der Waals surface area contributed by atoms with Gasteiger partial charge in [-0.1, -0.05) is 108 Å². The molecule has 0 aromatic heterocycles. The molecule has 0 spiro atoms. The third kappa shape index (κ3) is 8.52. The number of benzene rings is 3. The van der Waals surface area contributed by atoms with Gasteiger partial charge in [-0.3, -0.25) is 4.99 Å². The van der Waals surface area contributed by atoms with Gasteiger partial charge in [-0.25, -0.2) is 0 Å². The molecule has 0 fully saturated rings. The molecule has 0 radical (unpaired) electrons. The Bertz CT molecular complexity index is 1300. The van der Waals surface area contributed by atoms with Crippen LogP contribution in [0.2, 0.25) is 0 Å². The number of rotatable bonds is 17. The minimum absolute atomic E-state index is 0.780. The Balaban J connectivity index is 1.81. The predicted molar refractivity (Wildman–Crippen MR) is 196 cm³/mol. The van der Waals surface area contributed by atoms with E-state index >= 15 is 0 Å². The molecule has 0 N–H and O–H groups in total. The molecule has 44 heavy (non-hydrogen) atoms. The quantitative estimate of drug-likeness (QED) is 0.156. The van der Waals surface area contributed by atoms with Crippen LogP contribution in [-0.4, -0.2) is 38.4 Å². The largest absolute Gasteiger partial charge is 0.372 e. The Kier molecular flexibility index (Phi) is 13.4. The van der Waals surface area contributed by atoms with Gasteiger partial charge in [-0.05, 0) is 90.8 Å². The first-order valence-electron chi connectivity index (χ1n) is 17.4. The Morgan fingerprint density at radius 1 is 0.523 bits per heavy atom. The maximum Gasteiger partial charge on any atom is 0.0652 e. The molecular weight excluding hydrogens is 534 g/mol. The highest BCUT2D eigenvalue weighted by Gasteiger charge is 2.20. The van der Waals surface area contributed by atoms with Crippen LogP contribution < -0.4 is 9.80 Å². The standard InChI is InChI=1S/C41H55N3/c1-6-11-29-43(30-12-7-2)35-23-19-33(20-24-35)41(39-27-28-40(42-10-5)38-18-16-15-17-37(38)39)34-21-25-36(26-22-34)44(31-13-8-3)32-14-9-4/h15-28H,6-14,29-32H2,1-5H3. The summed E-state index contributed by atoms with van der Waals surface area (Å²) in [6.45, 7) is 16.5. The van der Waals surface area contributed by atoms with Crippen molar-refractivity contribution >= 4 is 28.2 Å². The molecule has 4 rings (SSSR count). The molecule has 3 aromatic rings. The van der Waals surface area contributed by atoms with Gasteiger partial charge in [0, 0.05) is 49.7 Å². The minimum atomic E-state index is 0.780. The van der Waals surface area contributed by atoms with Crippen LogP contribution in [0.25, 0.3) is 11.1 Å². The van der Waals surface area contributed by atoms with E-state index in [0.717, 1.165) is 38.4 Å². The second kappa shape index (κ2) is 17.6. The van der Waals surface area contributed by atoms with Crippen molar-refractivity contribution < 1.29 is 0 Å². The van der Waals surface area contributed by atoms with Gasteiger partial charge in [0.25, 0.3) is 0 Å². The molecular formula is C41H55N3. The number of fused-ring (bicyclic) bond motifs is 1. The Morgan fingerprint density at radius 2 is 0.955 bits per heavy atom. The molecule has 0 atom stereocenters. The van der Waals surface area contributed by atoms with Gasteiger partial charge in [0.1, 0.15) is 0 Å². The van der Waals surface area contributed by atoms with Gasteiger partial charge >= 0.3 is 0 Å². The van der Waals surface area contributed by atoms with Gasteiger partial charge in [-0.2, -0.15) is 0 Å². The van der Waals surface area contributed by atoms with Crippen molar-refractivity contribution in [3.63, 3.8) is 0 Å². The van der Waals surface area contributed by atoms with Crippen molar-refractivity contribution in [1.82, 2.24) is 0 Å². The summed E-state index contributed by atoms with van der Waals surface area (Å²) in [5.41, 5.74) is 11.3. The van der Waals surface area contributed by atoms with E-state index in [-0.39, 0.29) is 0 Å². The lowest BCUT2D eigenvalue weighted by Gasteiger charge is -2.26. The third-order valence-electron chi connectivity index (χ3n) is 8.67. The van der Waals surface area contributed by atoms with Crippen LogP contribution in [0.4, 0.5) is 11.4 Å². The molecule has 0 saturated carbocycles. The van der Waals surface area contributed by atoms with Crippen molar-refractivity contribution in [3.05, 3.63) is 107 Å². The highest BCUT2D eigenvalue weighted by Crippen LogP contribution is 2.38. The van der Waals surface area contributed by atoms with Crippen LogP contribution >= 0.6 is 0 Å². The molecule has 1 aliphatic rings. The fourth-order valence-corrected chi connectivity index (χ4v) is 6.10. The zero-order valence-corrected chi connectivity index (χ0v) is 28.1. The SMILES string of the molecule is CCCCN(CCCC)c1ccc(C(=C2C=CC(=NCC)c3ccccc32)c2ccc(N(CCCC)CCCC)cc2)cc1. The average molecular weight is 590 g/mol. The number of hydrogen-bond donors (Lipinski definition) is 0. The third-order valence-corrected chi connectivity index (χ3v) is 8.67. The van der Waals surface area contributed by atoms with E-state index < -0.39 is 0 Å². The summed E-state index contributed by atoms with van der Waals surface area (Å²) in [6, 6.07) is 27.5. The summed E-state index contributed by atoms with van der Waals surface area (Å²) in [6.07, 6.45) is 14.3. The molecule has 0 aliphatic heterocycles. The maximum absolute atomic E-state index is 4.82. The first-order chi connectivity index (χ1) is 21.6. The number of aliphatic imine (C=N–C) groups is 1. The van der Waals surface area contributed by atoms with E-state index in [1.807, 2.05) is 0 Å². The highest BCUT2D eigenvalue weighted by atomic mass is 15.1. The van der Waals surface area contributed by atoms with Gasteiger partial charge in [0.15, 0.2) is 0 Å². The van der Waals surface area contributed by atoms with Crippen molar-refractivity contribution in [2.75, 3.05) is 42.5 Å². The van der Waals surface area contributed by atoms with Crippen molar-refractivity contribution in [3.8, 4) is 0 Å². The Hall–Kier alpha value is -3.59. The number of allylic oxidation sites excluding steroid dienone is 3. The van der Waals surface area contributed by atoms with Crippen molar-refractivity contribution in [2.45, 2.75) is 86.0 Å². The number of anilines is 2. The first-order valence-corrected chi connectivity index (χ1v) is 17.4.